The van der Waals surface area contributed by atoms with Crippen molar-refractivity contribution in [3.05, 3.63) is 84.3 Å². The van der Waals surface area contributed by atoms with Crippen molar-refractivity contribution in [2.24, 2.45) is 5.41 Å². The summed E-state index contributed by atoms with van der Waals surface area (Å²) in [6.07, 6.45) is 4.08. The fraction of sp³-hybridized carbons (Fsp3) is 0.385. The third-order valence-electron chi connectivity index (χ3n) is 4.94. The number of esters is 1. The van der Waals surface area contributed by atoms with E-state index in [0.717, 1.165) is 0 Å². The third kappa shape index (κ3) is 8.28. The average Bonchev–Trinajstić information content (AvgIpc) is 2.76. The maximum absolute atomic E-state index is 12.6. The van der Waals surface area contributed by atoms with Crippen LogP contribution in [0.1, 0.15) is 61.3 Å². The zero-order valence-electron chi connectivity index (χ0n) is 18.8. The Morgan fingerprint density at radius 1 is 0.742 bits per heavy atom. The van der Waals surface area contributed by atoms with Gasteiger partial charge in [-0.1, -0.05) is 62.4 Å². The molecule has 166 valence electrons. The van der Waals surface area contributed by atoms with Crippen LogP contribution in [0.3, 0.4) is 0 Å². The topological polar surface area (TPSA) is 61.8 Å². The molecule has 0 unspecified atom stereocenters. The minimum Gasteiger partial charge on any atom is -0.498 e. The Bertz CT molecular complexity index is 854. The van der Waals surface area contributed by atoms with Crippen LogP contribution in [0.25, 0.3) is 0 Å². The normalized spacial score (nSPS) is 11.9. The van der Waals surface area contributed by atoms with E-state index < -0.39 is 11.0 Å². The Hall–Kier alpha value is -3.08. The highest BCUT2D eigenvalue weighted by Gasteiger charge is 2.28. The van der Waals surface area contributed by atoms with Crippen molar-refractivity contribution >= 4 is 11.8 Å². The van der Waals surface area contributed by atoms with Gasteiger partial charge in [-0.3, -0.25) is 4.79 Å². The van der Waals surface area contributed by atoms with Crippen molar-refractivity contribution in [1.82, 2.24) is 0 Å². The molecule has 0 radical (unpaired) electrons. The van der Waals surface area contributed by atoms with Gasteiger partial charge in [-0.25, -0.2) is 4.79 Å². The van der Waals surface area contributed by atoms with Crippen LogP contribution in [0.5, 0.6) is 0 Å². The van der Waals surface area contributed by atoms with E-state index in [0.29, 0.717) is 37.2 Å². The molecule has 5 nitrogen and oxygen atoms in total. The molecule has 2 rings (SSSR count). The first-order chi connectivity index (χ1) is 14.7. The third-order valence-corrected chi connectivity index (χ3v) is 4.94. The van der Waals surface area contributed by atoms with E-state index in [1.807, 2.05) is 64.1 Å². The zero-order chi connectivity index (χ0) is 22.7. The molecule has 0 aromatic heterocycles. The maximum Gasteiger partial charge on any atom is 0.338 e. The standard InChI is InChI=1S/C26H32O5/c1-25(2,23(27)21-11-7-5-8-12-21)15-17-29-19-20-30-18-16-26(3,4)31-24(28)22-13-9-6-10-14-22/h5-14,19-20H,15-18H2,1-4H3/b20-19+. The Balaban J connectivity index is 1.64. The van der Waals surface area contributed by atoms with E-state index in [1.54, 1.807) is 24.3 Å². The van der Waals surface area contributed by atoms with Crippen LogP contribution in [-0.4, -0.2) is 30.6 Å². The highest BCUT2D eigenvalue weighted by molar-refractivity contribution is 6.00. The van der Waals surface area contributed by atoms with E-state index in [2.05, 4.69) is 0 Å². The molecule has 0 amide bonds. The molecule has 0 spiro atoms. The van der Waals surface area contributed by atoms with Gasteiger partial charge in [0.2, 0.25) is 0 Å². The zero-order valence-corrected chi connectivity index (χ0v) is 18.8. The number of benzene rings is 2. The first-order valence-electron chi connectivity index (χ1n) is 10.5. The maximum atomic E-state index is 12.6. The molecule has 0 heterocycles. The lowest BCUT2D eigenvalue weighted by Gasteiger charge is -2.24. The van der Waals surface area contributed by atoms with Crippen LogP contribution < -0.4 is 0 Å². The molecule has 0 aliphatic rings. The van der Waals surface area contributed by atoms with Crippen LogP contribution in [0.4, 0.5) is 0 Å². The number of carbonyl (C=O) groups excluding carboxylic acids is 2. The minimum absolute atomic E-state index is 0.101. The van der Waals surface area contributed by atoms with Crippen molar-refractivity contribution in [1.29, 1.82) is 0 Å². The predicted octanol–water partition coefficient (Wildman–Crippen LogP) is 5.82. The molecule has 0 N–H and O–H groups in total. The lowest BCUT2D eigenvalue weighted by atomic mass is 9.81. The first kappa shape index (κ1) is 24.2. The summed E-state index contributed by atoms with van der Waals surface area (Å²) in [6.45, 7) is 8.33. The molecule has 2 aromatic rings. The monoisotopic (exact) mass is 424 g/mol. The molecule has 0 bridgehead atoms. The Morgan fingerprint density at radius 2 is 1.23 bits per heavy atom. The van der Waals surface area contributed by atoms with Gasteiger partial charge < -0.3 is 14.2 Å². The number of hydrogen-bond donors (Lipinski definition) is 0. The largest absolute Gasteiger partial charge is 0.498 e. The lowest BCUT2D eigenvalue weighted by Crippen LogP contribution is -2.29. The average molecular weight is 425 g/mol. The van der Waals surface area contributed by atoms with Gasteiger partial charge in [-0.05, 0) is 32.4 Å². The predicted molar refractivity (Wildman–Crippen MR) is 121 cm³/mol. The molecule has 5 heteroatoms. The summed E-state index contributed by atoms with van der Waals surface area (Å²) in [6, 6.07) is 18.2. The van der Waals surface area contributed by atoms with Crippen molar-refractivity contribution < 1.29 is 23.8 Å². The second-order valence-electron chi connectivity index (χ2n) is 8.61. The molecule has 0 saturated carbocycles. The van der Waals surface area contributed by atoms with E-state index in [-0.39, 0.29) is 11.8 Å². The van der Waals surface area contributed by atoms with Crippen LogP contribution in [0.2, 0.25) is 0 Å². The summed E-state index contributed by atoms with van der Waals surface area (Å²) >= 11 is 0. The fourth-order valence-electron chi connectivity index (χ4n) is 2.86. The molecular weight excluding hydrogens is 392 g/mol. The smallest absolute Gasteiger partial charge is 0.338 e. The van der Waals surface area contributed by atoms with Gasteiger partial charge >= 0.3 is 5.97 Å². The molecule has 0 aliphatic carbocycles. The van der Waals surface area contributed by atoms with E-state index in [4.69, 9.17) is 14.2 Å². The summed E-state index contributed by atoms with van der Waals surface area (Å²) in [7, 11) is 0. The SMILES string of the molecule is CC(C)(CCO/C=C/OCCC(C)(C)C(=O)c1ccccc1)OC(=O)c1ccccc1. The van der Waals surface area contributed by atoms with Gasteiger partial charge in [0.1, 0.15) is 18.1 Å². The molecule has 0 aliphatic heterocycles. The second-order valence-corrected chi connectivity index (χ2v) is 8.61. The van der Waals surface area contributed by atoms with Gasteiger partial charge in [-0.15, -0.1) is 0 Å². The number of Topliss-reactive ketones (excluding diaryl/α,β-unsaturated/α-hetero) is 1. The number of carbonyl (C=O) groups is 2. The van der Waals surface area contributed by atoms with Crippen molar-refractivity contribution in [3.8, 4) is 0 Å². The summed E-state index contributed by atoms with van der Waals surface area (Å²) in [5.41, 5.74) is 0.0759. The molecular formula is C26H32O5. The van der Waals surface area contributed by atoms with Gasteiger partial charge in [-0.2, -0.15) is 0 Å². The lowest BCUT2D eigenvalue weighted by molar-refractivity contribution is -0.0119. The van der Waals surface area contributed by atoms with Crippen molar-refractivity contribution in [2.75, 3.05) is 13.2 Å². The molecule has 31 heavy (non-hydrogen) atoms. The molecule has 0 fully saturated rings. The van der Waals surface area contributed by atoms with E-state index in [1.165, 1.54) is 12.5 Å². The first-order valence-corrected chi connectivity index (χ1v) is 10.5. The summed E-state index contributed by atoms with van der Waals surface area (Å²) < 4.78 is 16.5. The van der Waals surface area contributed by atoms with Crippen LogP contribution in [0.15, 0.2) is 73.2 Å². The van der Waals surface area contributed by atoms with E-state index >= 15 is 0 Å². The minimum atomic E-state index is -0.649. The summed E-state index contributed by atoms with van der Waals surface area (Å²) in [5, 5.41) is 0. The highest BCUT2D eigenvalue weighted by Crippen LogP contribution is 2.26. The van der Waals surface area contributed by atoms with Gasteiger partial charge in [0.05, 0.1) is 18.8 Å². The van der Waals surface area contributed by atoms with Crippen LogP contribution in [0, 0.1) is 5.41 Å². The van der Waals surface area contributed by atoms with Gasteiger partial charge in [0.15, 0.2) is 5.78 Å². The highest BCUT2D eigenvalue weighted by atomic mass is 16.6. The quantitative estimate of drug-likeness (QED) is 0.186. The Labute approximate surface area is 185 Å². The Kier molecular flexibility index (Phi) is 8.86. The number of ether oxygens (including phenoxy) is 3. The fourth-order valence-corrected chi connectivity index (χ4v) is 2.86. The molecule has 2 aromatic carbocycles. The van der Waals surface area contributed by atoms with Gasteiger partial charge in [0.25, 0.3) is 0 Å². The second kappa shape index (κ2) is 11.3. The molecule has 0 saturated heterocycles. The van der Waals surface area contributed by atoms with Crippen LogP contribution in [-0.2, 0) is 14.2 Å². The number of rotatable bonds is 12. The van der Waals surface area contributed by atoms with Crippen molar-refractivity contribution in [2.45, 2.75) is 46.1 Å². The molecule has 0 atom stereocenters. The van der Waals surface area contributed by atoms with E-state index in [9.17, 15) is 9.59 Å². The summed E-state index contributed by atoms with van der Waals surface area (Å²) in [4.78, 5) is 24.8. The van der Waals surface area contributed by atoms with Crippen molar-refractivity contribution in [3.63, 3.8) is 0 Å². The number of ketones is 1. The van der Waals surface area contributed by atoms with Gasteiger partial charge in [0, 0.05) is 17.4 Å². The van der Waals surface area contributed by atoms with Crippen LogP contribution >= 0.6 is 0 Å². The number of hydrogen-bond acceptors (Lipinski definition) is 5. The Morgan fingerprint density at radius 3 is 1.77 bits per heavy atom. The summed E-state index contributed by atoms with van der Waals surface area (Å²) in [5.74, 6) is -0.249.